The Morgan fingerprint density at radius 1 is 0.758 bits per heavy atom. The van der Waals surface area contributed by atoms with Crippen molar-refractivity contribution in [2.45, 2.75) is 13.8 Å². The van der Waals surface area contributed by atoms with E-state index in [9.17, 15) is 0 Å². The summed E-state index contributed by atoms with van der Waals surface area (Å²) in [7, 11) is 0. The molecule has 1 aliphatic rings. The standard InChI is InChI=1S/C26H25N7/c1-18-7-6-10-21-19(2)15-23(30-24(18)21)31-11-13-32(14-12-31)25-22-16-29-33(26(22)28-17-27-25)20-8-4-3-5-9-20/h3-10,15-17H,11-14H2,1-2H3. The Morgan fingerprint density at radius 3 is 2.36 bits per heavy atom. The Labute approximate surface area is 192 Å². The van der Waals surface area contributed by atoms with Gasteiger partial charge in [0, 0.05) is 31.6 Å². The highest BCUT2D eigenvalue weighted by molar-refractivity contribution is 5.88. The molecule has 1 aliphatic heterocycles. The molecule has 7 nitrogen and oxygen atoms in total. The van der Waals surface area contributed by atoms with E-state index in [4.69, 9.17) is 4.98 Å². The largest absolute Gasteiger partial charge is 0.353 e. The average Bonchev–Trinajstić information content (AvgIpc) is 3.30. The molecule has 164 valence electrons. The third-order valence-electron chi connectivity index (χ3n) is 6.48. The summed E-state index contributed by atoms with van der Waals surface area (Å²) in [5.74, 6) is 2.00. The summed E-state index contributed by atoms with van der Waals surface area (Å²) in [6, 6.07) is 18.7. The smallest absolute Gasteiger partial charge is 0.168 e. The maximum atomic E-state index is 5.01. The van der Waals surface area contributed by atoms with Crippen LogP contribution in [0.3, 0.4) is 0 Å². The molecule has 0 atom stereocenters. The Balaban J connectivity index is 1.27. The first-order chi connectivity index (χ1) is 16.2. The van der Waals surface area contributed by atoms with Crippen molar-refractivity contribution in [2.75, 3.05) is 36.0 Å². The van der Waals surface area contributed by atoms with E-state index in [1.165, 1.54) is 16.5 Å². The topological polar surface area (TPSA) is 63.0 Å². The van der Waals surface area contributed by atoms with Crippen molar-refractivity contribution in [3.05, 3.63) is 78.2 Å². The number of hydrogen-bond donors (Lipinski definition) is 0. The van der Waals surface area contributed by atoms with Crippen LogP contribution in [0, 0.1) is 13.8 Å². The van der Waals surface area contributed by atoms with E-state index in [-0.39, 0.29) is 0 Å². The van der Waals surface area contributed by atoms with Crippen LogP contribution in [-0.2, 0) is 0 Å². The van der Waals surface area contributed by atoms with Gasteiger partial charge in [0.1, 0.15) is 18.0 Å². The minimum atomic E-state index is 0.830. The molecule has 0 spiro atoms. The zero-order valence-corrected chi connectivity index (χ0v) is 18.8. The van der Waals surface area contributed by atoms with E-state index in [1.54, 1.807) is 6.33 Å². The van der Waals surface area contributed by atoms with Gasteiger partial charge in [0.15, 0.2) is 5.65 Å². The van der Waals surface area contributed by atoms with E-state index < -0.39 is 0 Å². The number of benzene rings is 2. The second-order valence-electron chi connectivity index (χ2n) is 8.57. The van der Waals surface area contributed by atoms with Crippen molar-refractivity contribution in [1.82, 2.24) is 24.7 Å². The highest BCUT2D eigenvalue weighted by Gasteiger charge is 2.23. The van der Waals surface area contributed by atoms with Gasteiger partial charge in [-0.1, -0.05) is 36.4 Å². The summed E-state index contributed by atoms with van der Waals surface area (Å²) in [6.45, 7) is 7.83. The Morgan fingerprint density at radius 2 is 1.55 bits per heavy atom. The fraction of sp³-hybridized carbons (Fsp3) is 0.231. The summed E-state index contributed by atoms with van der Waals surface area (Å²) < 4.78 is 1.88. The third kappa shape index (κ3) is 3.36. The van der Waals surface area contributed by atoms with E-state index in [1.807, 2.05) is 41.2 Å². The van der Waals surface area contributed by atoms with Gasteiger partial charge in [-0.15, -0.1) is 0 Å². The van der Waals surface area contributed by atoms with Gasteiger partial charge in [0.05, 0.1) is 22.8 Å². The highest BCUT2D eigenvalue weighted by atomic mass is 15.3. The molecule has 33 heavy (non-hydrogen) atoms. The molecule has 0 amide bonds. The molecule has 7 heteroatoms. The molecule has 2 aromatic carbocycles. The van der Waals surface area contributed by atoms with Crippen molar-refractivity contribution >= 4 is 33.6 Å². The number of pyridine rings is 1. The lowest BCUT2D eigenvalue weighted by atomic mass is 10.1. The molecule has 5 aromatic rings. The molecular weight excluding hydrogens is 410 g/mol. The molecule has 6 rings (SSSR count). The number of para-hydroxylation sites is 2. The number of fused-ring (bicyclic) bond motifs is 2. The second kappa shape index (κ2) is 7.85. The zero-order valence-electron chi connectivity index (χ0n) is 18.8. The van der Waals surface area contributed by atoms with Crippen LogP contribution in [0.5, 0.6) is 0 Å². The van der Waals surface area contributed by atoms with Gasteiger partial charge >= 0.3 is 0 Å². The van der Waals surface area contributed by atoms with Gasteiger partial charge in [-0.05, 0) is 43.2 Å². The number of rotatable bonds is 3. The molecule has 1 saturated heterocycles. The lowest BCUT2D eigenvalue weighted by molar-refractivity contribution is 0.643. The fourth-order valence-electron chi connectivity index (χ4n) is 4.70. The minimum absolute atomic E-state index is 0.830. The van der Waals surface area contributed by atoms with Crippen molar-refractivity contribution in [3.63, 3.8) is 0 Å². The predicted molar refractivity (Wildman–Crippen MR) is 132 cm³/mol. The predicted octanol–water partition coefficient (Wildman–Crippen LogP) is 4.31. The molecule has 1 fully saturated rings. The quantitative estimate of drug-likeness (QED) is 0.421. The van der Waals surface area contributed by atoms with E-state index in [0.717, 1.165) is 60.1 Å². The maximum Gasteiger partial charge on any atom is 0.168 e. The first-order valence-electron chi connectivity index (χ1n) is 11.3. The Bertz CT molecular complexity index is 1450. The van der Waals surface area contributed by atoms with Gasteiger partial charge in [0.25, 0.3) is 0 Å². The number of aryl methyl sites for hydroxylation is 2. The van der Waals surface area contributed by atoms with Gasteiger partial charge < -0.3 is 9.80 Å². The SMILES string of the molecule is Cc1cc(N2CCN(c3ncnc4c3cnn4-c3ccccc3)CC2)nc2c(C)cccc12. The molecular formula is C26H25N7. The van der Waals surface area contributed by atoms with Crippen molar-refractivity contribution in [2.24, 2.45) is 0 Å². The molecule has 4 heterocycles. The molecule has 3 aromatic heterocycles. The number of anilines is 2. The first-order valence-corrected chi connectivity index (χ1v) is 11.3. The lowest BCUT2D eigenvalue weighted by Crippen LogP contribution is -2.47. The number of aromatic nitrogens is 5. The normalized spacial score (nSPS) is 14.4. The van der Waals surface area contributed by atoms with Crippen LogP contribution in [0.15, 0.2) is 67.1 Å². The van der Waals surface area contributed by atoms with Crippen LogP contribution in [0.25, 0.3) is 27.6 Å². The van der Waals surface area contributed by atoms with Gasteiger partial charge in [-0.2, -0.15) is 5.10 Å². The molecule has 0 unspecified atom stereocenters. The van der Waals surface area contributed by atoms with Crippen LogP contribution in [0.4, 0.5) is 11.6 Å². The summed E-state index contributed by atoms with van der Waals surface area (Å²) in [5, 5.41) is 6.81. The van der Waals surface area contributed by atoms with Crippen LogP contribution >= 0.6 is 0 Å². The van der Waals surface area contributed by atoms with Crippen LogP contribution in [-0.4, -0.2) is 50.9 Å². The summed E-state index contributed by atoms with van der Waals surface area (Å²) in [4.78, 5) is 18.9. The maximum absolute atomic E-state index is 5.01. The molecule has 0 radical (unpaired) electrons. The molecule has 0 bridgehead atoms. The number of nitrogens with zero attached hydrogens (tertiary/aromatic N) is 7. The number of piperazine rings is 1. The summed E-state index contributed by atoms with van der Waals surface area (Å²) in [6.07, 6.45) is 3.52. The zero-order chi connectivity index (χ0) is 22.4. The fourth-order valence-corrected chi connectivity index (χ4v) is 4.70. The molecule has 0 saturated carbocycles. The van der Waals surface area contributed by atoms with Crippen LogP contribution in [0.1, 0.15) is 11.1 Å². The van der Waals surface area contributed by atoms with Crippen LogP contribution < -0.4 is 9.80 Å². The molecule has 0 N–H and O–H groups in total. The van der Waals surface area contributed by atoms with Gasteiger partial charge in [-0.25, -0.2) is 19.6 Å². The van der Waals surface area contributed by atoms with Crippen molar-refractivity contribution < 1.29 is 0 Å². The summed E-state index contributed by atoms with van der Waals surface area (Å²) in [5.41, 5.74) is 5.41. The second-order valence-corrected chi connectivity index (χ2v) is 8.57. The minimum Gasteiger partial charge on any atom is -0.353 e. The molecule has 0 aliphatic carbocycles. The van der Waals surface area contributed by atoms with Crippen LogP contribution in [0.2, 0.25) is 0 Å². The van der Waals surface area contributed by atoms with Gasteiger partial charge in [-0.3, -0.25) is 0 Å². The lowest BCUT2D eigenvalue weighted by Gasteiger charge is -2.36. The summed E-state index contributed by atoms with van der Waals surface area (Å²) >= 11 is 0. The van der Waals surface area contributed by atoms with Gasteiger partial charge in [0.2, 0.25) is 0 Å². The van der Waals surface area contributed by atoms with E-state index in [0.29, 0.717) is 0 Å². The first kappa shape index (κ1) is 19.7. The monoisotopic (exact) mass is 435 g/mol. The van der Waals surface area contributed by atoms with E-state index in [2.05, 4.69) is 63.0 Å². The Kier molecular flexibility index (Phi) is 4.68. The average molecular weight is 436 g/mol. The number of hydrogen-bond acceptors (Lipinski definition) is 6. The van der Waals surface area contributed by atoms with Crippen molar-refractivity contribution in [1.29, 1.82) is 0 Å². The third-order valence-corrected chi connectivity index (χ3v) is 6.48. The Hall–Kier alpha value is -4.00. The van der Waals surface area contributed by atoms with E-state index >= 15 is 0 Å². The highest BCUT2D eigenvalue weighted by Crippen LogP contribution is 2.28. The van der Waals surface area contributed by atoms with Crippen molar-refractivity contribution in [3.8, 4) is 5.69 Å².